The van der Waals surface area contributed by atoms with Gasteiger partial charge in [-0.15, -0.1) is 0 Å². The molecule has 2 aliphatic rings. The van der Waals surface area contributed by atoms with E-state index in [1.807, 2.05) is 0 Å². The van der Waals surface area contributed by atoms with Crippen LogP contribution in [0.5, 0.6) is 0 Å². The van der Waals surface area contributed by atoms with E-state index >= 15 is 0 Å². The average Bonchev–Trinajstić information content (AvgIpc) is 2.76. The minimum Gasteiger partial charge on any atom is -0.311 e. The maximum Gasteiger partial charge on any atom is 0.0224 e. The van der Waals surface area contributed by atoms with Gasteiger partial charge in [-0.1, -0.05) is 6.92 Å². The molecule has 0 saturated carbocycles. The second-order valence-electron chi connectivity index (χ2n) is 6.80. The Balaban J connectivity index is 1.75. The van der Waals surface area contributed by atoms with Crippen molar-refractivity contribution in [3.63, 3.8) is 0 Å². The first-order valence-electron chi connectivity index (χ1n) is 7.75. The predicted molar refractivity (Wildman–Crippen MR) is 78.0 cm³/mol. The standard InChI is InChI=1S/C15H31N3/c1-5-15(3,4)16-8-10-17-12-14-7-6-9-18(14)11-13(17)2/h13-14,16H,5-12H2,1-4H3. The summed E-state index contributed by atoms with van der Waals surface area (Å²) in [4.78, 5) is 5.38. The highest BCUT2D eigenvalue weighted by Crippen LogP contribution is 2.24. The van der Waals surface area contributed by atoms with Gasteiger partial charge in [0.05, 0.1) is 0 Å². The van der Waals surface area contributed by atoms with Gasteiger partial charge in [0.2, 0.25) is 0 Å². The van der Waals surface area contributed by atoms with E-state index in [2.05, 4.69) is 42.8 Å². The molecule has 2 atom stereocenters. The minimum atomic E-state index is 0.290. The summed E-state index contributed by atoms with van der Waals surface area (Å²) in [6, 6.07) is 1.58. The second kappa shape index (κ2) is 5.89. The van der Waals surface area contributed by atoms with Gasteiger partial charge in [-0.25, -0.2) is 0 Å². The molecule has 0 aromatic carbocycles. The van der Waals surface area contributed by atoms with Crippen LogP contribution in [-0.4, -0.2) is 60.1 Å². The first kappa shape index (κ1) is 14.3. The molecule has 18 heavy (non-hydrogen) atoms. The SMILES string of the molecule is CCC(C)(C)NCCN1CC2CCCN2CC1C. The Kier molecular flexibility index (Phi) is 4.68. The van der Waals surface area contributed by atoms with Crippen molar-refractivity contribution in [3.05, 3.63) is 0 Å². The van der Waals surface area contributed by atoms with Gasteiger partial charge < -0.3 is 5.32 Å². The van der Waals surface area contributed by atoms with Crippen molar-refractivity contribution in [2.75, 3.05) is 32.7 Å². The van der Waals surface area contributed by atoms with Crippen LogP contribution in [0, 0.1) is 0 Å². The number of hydrogen-bond acceptors (Lipinski definition) is 3. The van der Waals surface area contributed by atoms with Crippen molar-refractivity contribution in [1.29, 1.82) is 0 Å². The third kappa shape index (κ3) is 3.46. The maximum atomic E-state index is 3.68. The fourth-order valence-electron chi connectivity index (χ4n) is 3.22. The molecule has 0 aliphatic carbocycles. The third-order valence-electron chi connectivity index (χ3n) is 4.95. The van der Waals surface area contributed by atoms with Crippen molar-refractivity contribution in [2.45, 2.75) is 64.6 Å². The van der Waals surface area contributed by atoms with Crippen LogP contribution in [0.25, 0.3) is 0 Å². The maximum absolute atomic E-state index is 3.68. The van der Waals surface area contributed by atoms with E-state index in [0.29, 0.717) is 5.54 Å². The van der Waals surface area contributed by atoms with Gasteiger partial charge in [-0.05, 0) is 46.6 Å². The summed E-state index contributed by atoms with van der Waals surface area (Å²) in [6.07, 6.45) is 4.02. The van der Waals surface area contributed by atoms with Gasteiger partial charge in [-0.3, -0.25) is 9.80 Å². The molecule has 0 aromatic heterocycles. The average molecular weight is 253 g/mol. The number of hydrogen-bond donors (Lipinski definition) is 1. The summed E-state index contributed by atoms with van der Waals surface area (Å²) < 4.78 is 0. The van der Waals surface area contributed by atoms with Gasteiger partial charge in [0, 0.05) is 43.8 Å². The van der Waals surface area contributed by atoms with Gasteiger partial charge in [0.25, 0.3) is 0 Å². The van der Waals surface area contributed by atoms with E-state index in [1.54, 1.807) is 0 Å². The molecule has 2 saturated heterocycles. The van der Waals surface area contributed by atoms with E-state index in [9.17, 15) is 0 Å². The Bertz CT molecular complexity index is 264. The zero-order valence-electron chi connectivity index (χ0n) is 12.7. The predicted octanol–water partition coefficient (Wildman–Crippen LogP) is 1.93. The van der Waals surface area contributed by atoms with Crippen molar-refractivity contribution in [3.8, 4) is 0 Å². The largest absolute Gasteiger partial charge is 0.311 e. The quantitative estimate of drug-likeness (QED) is 0.808. The lowest BCUT2D eigenvalue weighted by Gasteiger charge is -2.42. The van der Waals surface area contributed by atoms with Crippen molar-refractivity contribution in [1.82, 2.24) is 15.1 Å². The number of fused-ring (bicyclic) bond motifs is 1. The van der Waals surface area contributed by atoms with Crippen LogP contribution in [0.15, 0.2) is 0 Å². The normalized spacial score (nSPS) is 30.7. The molecule has 106 valence electrons. The smallest absolute Gasteiger partial charge is 0.0224 e. The molecule has 0 radical (unpaired) electrons. The summed E-state index contributed by atoms with van der Waals surface area (Å²) in [6.45, 7) is 15.5. The highest BCUT2D eigenvalue weighted by molar-refractivity contribution is 4.91. The first-order chi connectivity index (χ1) is 8.52. The number of nitrogens with zero attached hydrogens (tertiary/aromatic N) is 2. The van der Waals surface area contributed by atoms with Gasteiger partial charge in [0.1, 0.15) is 0 Å². The van der Waals surface area contributed by atoms with Crippen LogP contribution in [0.2, 0.25) is 0 Å². The van der Waals surface area contributed by atoms with Gasteiger partial charge >= 0.3 is 0 Å². The molecular formula is C15H31N3. The lowest BCUT2D eigenvalue weighted by molar-refractivity contribution is 0.0589. The van der Waals surface area contributed by atoms with E-state index in [4.69, 9.17) is 0 Å². The Morgan fingerprint density at radius 2 is 2.06 bits per heavy atom. The Morgan fingerprint density at radius 3 is 2.78 bits per heavy atom. The number of rotatable bonds is 5. The van der Waals surface area contributed by atoms with E-state index in [0.717, 1.165) is 18.6 Å². The Morgan fingerprint density at radius 1 is 1.28 bits per heavy atom. The molecule has 0 amide bonds. The summed E-state index contributed by atoms with van der Waals surface area (Å²) >= 11 is 0. The van der Waals surface area contributed by atoms with Crippen LogP contribution >= 0.6 is 0 Å². The molecule has 2 rings (SSSR count). The molecule has 1 N–H and O–H groups in total. The van der Waals surface area contributed by atoms with Crippen molar-refractivity contribution < 1.29 is 0 Å². The van der Waals surface area contributed by atoms with Crippen molar-refractivity contribution >= 4 is 0 Å². The molecule has 0 spiro atoms. The summed E-state index contributed by atoms with van der Waals surface area (Å²) in [7, 11) is 0. The van der Waals surface area contributed by atoms with Crippen LogP contribution in [0.1, 0.15) is 47.0 Å². The second-order valence-corrected chi connectivity index (χ2v) is 6.80. The topological polar surface area (TPSA) is 18.5 Å². The Hall–Kier alpha value is -0.120. The highest BCUT2D eigenvalue weighted by Gasteiger charge is 2.33. The monoisotopic (exact) mass is 253 g/mol. The van der Waals surface area contributed by atoms with E-state index in [-0.39, 0.29) is 0 Å². The minimum absolute atomic E-state index is 0.290. The first-order valence-corrected chi connectivity index (χ1v) is 7.75. The summed E-state index contributed by atoms with van der Waals surface area (Å²) in [5.41, 5.74) is 0.290. The van der Waals surface area contributed by atoms with Crippen LogP contribution < -0.4 is 5.32 Å². The molecule has 2 aliphatic heterocycles. The molecule has 3 nitrogen and oxygen atoms in total. The van der Waals surface area contributed by atoms with Crippen LogP contribution in [-0.2, 0) is 0 Å². The summed E-state index contributed by atoms with van der Waals surface area (Å²) in [5.74, 6) is 0. The zero-order valence-corrected chi connectivity index (χ0v) is 12.7. The lowest BCUT2D eigenvalue weighted by Crippen LogP contribution is -2.56. The zero-order chi connectivity index (χ0) is 13.2. The summed E-state index contributed by atoms with van der Waals surface area (Å²) in [5, 5.41) is 3.68. The molecule has 2 fully saturated rings. The van der Waals surface area contributed by atoms with Gasteiger partial charge in [0.15, 0.2) is 0 Å². The number of nitrogens with one attached hydrogen (secondary N) is 1. The Labute approximate surface area is 113 Å². The van der Waals surface area contributed by atoms with E-state index in [1.165, 1.54) is 45.4 Å². The molecule has 0 aromatic rings. The highest BCUT2D eigenvalue weighted by atomic mass is 15.3. The molecule has 0 bridgehead atoms. The molecule has 2 unspecified atom stereocenters. The van der Waals surface area contributed by atoms with Crippen LogP contribution in [0.4, 0.5) is 0 Å². The van der Waals surface area contributed by atoms with E-state index < -0.39 is 0 Å². The van der Waals surface area contributed by atoms with Crippen LogP contribution in [0.3, 0.4) is 0 Å². The van der Waals surface area contributed by atoms with Crippen molar-refractivity contribution in [2.24, 2.45) is 0 Å². The third-order valence-corrected chi connectivity index (χ3v) is 4.95. The fourth-order valence-corrected chi connectivity index (χ4v) is 3.22. The molecule has 2 heterocycles. The fraction of sp³-hybridized carbons (Fsp3) is 1.00. The molecule has 3 heteroatoms. The van der Waals surface area contributed by atoms with Gasteiger partial charge in [-0.2, -0.15) is 0 Å². The lowest BCUT2D eigenvalue weighted by atomic mass is 10.0. The number of piperazine rings is 1. The molecular weight excluding hydrogens is 222 g/mol.